The molecule has 3 nitrogen and oxygen atoms in total. The van der Waals surface area contributed by atoms with Gasteiger partial charge in [0, 0.05) is 16.1 Å². The molecule has 2 aromatic carbocycles. The Labute approximate surface area is 145 Å². The summed E-state index contributed by atoms with van der Waals surface area (Å²) in [6.07, 6.45) is 0. The Balaban J connectivity index is 2.15. The second-order valence-corrected chi connectivity index (χ2v) is 6.53. The van der Waals surface area contributed by atoms with Gasteiger partial charge in [-0.05, 0) is 31.2 Å². The Hall–Kier alpha value is -1.50. The van der Waals surface area contributed by atoms with E-state index >= 15 is 0 Å². The molecule has 1 amide bonds. The first-order valence-electron chi connectivity index (χ1n) is 6.62. The molecule has 0 aromatic heterocycles. The first-order valence-corrected chi connectivity index (χ1v) is 7.79. The van der Waals surface area contributed by atoms with E-state index in [0.717, 1.165) is 12.1 Å². The molecule has 0 bridgehead atoms. The van der Waals surface area contributed by atoms with Crippen LogP contribution < -0.4 is 5.32 Å². The molecule has 0 saturated heterocycles. The number of benzene rings is 2. The van der Waals surface area contributed by atoms with Gasteiger partial charge in [0.2, 0.25) is 0 Å². The van der Waals surface area contributed by atoms with Gasteiger partial charge in [0.15, 0.2) is 0 Å². The van der Waals surface area contributed by atoms with Crippen molar-refractivity contribution in [3.05, 3.63) is 68.7 Å². The van der Waals surface area contributed by atoms with Gasteiger partial charge in [0.25, 0.3) is 5.91 Å². The second-order valence-electron chi connectivity index (χ2n) is 5.20. The quantitative estimate of drug-likeness (QED) is 0.809. The van der Waals surface area contributed by atoms with Crippen LogP contribution in [0.4, 0.5) is 8.78 Å². The van der Waals surface area contributed by atoms with E-state index in [1.54, 1.807) is 12.1 Å². The number of hydrogen-bond acceptors (Lipinski definition) is 2. The lowest BCUT2D eigenvalue weighted by molar-refractivity contribution is 0.0494. The molecule has 0 fully saturated rings. The standard InChI is InChI=1S/C16H13BrClF2NO2/c1-16(23,12-4-3-10(19)7-14(12)20)8-21-15(22)11-6-9(17)2-5-13(11)18/h2-7,23H,8H2,1H3,(H,21,22). The molecule has 23 heavy (non-hydrogen) atoms. The summed E-state index contributed by atoms with van der Waals surface area (Å²) in [7, 11) is 0. The highest BCUT2D eigenvalue weighted by atomic mass is 79.9. The lowest BCUT2D eigenvalue weighted by Crippen LogP contribution is -2.39. The smallest absolute Gasteiger partial charge is 0.252 e. The van der Waals surface area contributed by atoms with E-state index in [2.05, 4.69) is 21.2 Å². The van der Waals surface area contributed by atoms with Gasteiger partial charge in [-0.1, -0.05) is 33.6 Å². The summed E-state index contributed by atoms with van der Waals surface area (Å²) >= 11 is 9.19. The van der Waals surface area contributed by atoms with E-state index in [-0.39, 0.29) is 22.7 Å². The maximum atomic E-state index is 13.8. The van der Waals surface area contributed by atoms with Crippen molar-refractivity contribution in [3.8, 4) is 0 Å². The third-order valence-electron chi connectivity index (χ3n) is 3.28. The normalized spacial score (nSPS) is 13.5. The molecule has 1 atom stereocenters. The van der Waals surface area contributed by atoms with Gasteiger partial charge >= 0.3 is 0 Å². The van der Waals surface area contributed by atoms with Gasteiger partial charge in [-0.25, -0.2) is 8.78 Å². The third kappa shape index (κ3) is 4.28. The predicted octanol–water partition coefficient (Wildman–Crippen LogP) is 4.02. The SMILES string of the molecule is CC(O)(CNC(=O)c1cc(Br)ccc1Cl)c1ccc(F)cc1F. The van der Waals surface area contributed by atoms with Crippen LogP contribution in [0.1, 0.15) is 22.8 Å². The molecule has 0 radical (unpaired) electrons. The molecule has 0 aliphatic carbocycles. The average Bonchev–Trinajstić information content (AvgIpc) is 2.47. The Morgan fingerprint density at radius 2 is 2.00 bits per heavy atom. The van der Waals surface area contributed by atoms with Crippen molar-refractivity contribution in [2.24, 2.45) is 0 Å². The van der Waals surface area contributed by atoms with Crippen LogP contribution in [0.5, 0.6) is 0 Å². The van der Waals surface area contributed by atoms with Gasteiger partial charge in [-0.15, -0.1) is 0 Å². The summed E-state index contributed by atoms with van der Waals surface area (Å²) in [5.74, 6) is -2.14. The van der Waals surface area contributed by atoms with E-state index < -0.39 is 23.1 Å². The van der Waals surface area contributed by atoms with Crippen molar-refractivity contribution in [2.45, 2.75) is 12.5 Å². The number of amides is 1. The molecule has 0 saturated carbocycles. The van der Waals surface area contributed by atoms with Crippen LogP contribution >= 0.6 is 27.5 Å². The van der Waals surface area contributed by atoms with Crippen molar-refractivity contribution in [1.82, 2.24) is 5.32 Å². The number of halogens is 4. The molecular formula is C16H13BrClF2NO2. The summed E-state index contributed by atoms with van der Waals surface area (Å²) in [6, 6.07) is 7.63. The maximum absolute atomic E-state index is 13.8. The molecule has 0 heterocycles. The topological polar surface area (TPSA) is 49.3 Å². The zero-order chi connectivity index (χ0) is 17.2. The number of carbonyl (C=O) groups excluding carboxylic acids is 1. The minimum absolute atomic E-state index is 0.112. The van der Waals surface area contributed by atoms with Crippen LogP contribution in [0.25, 0.3) is 0 Å². The zero-order valence-corrected chi connectivity index (χ0v) is 14.4. The maximum Gasteiger partial charge on any atom is 0.252 e. The third-order valence-corrected chi connectivity index (χ3v) is 4.10. The van der Waals surface area contributed by atoms with Crippen molar-refractivity contribution in [3.63, 3.8) is 0 Å². The molecule has 1 unspecified atom stereocenters. The summed E-state index contributed by atoms with van der Waals surface area (Å²) < 4.78 is 27.4. The highest BCUT2D eigenvalue weighted by Gasteiger charge is 2.28. The van der Waals surface area contributed by atoms with Gasteiger partial charge in [0.1, 0.15) is 17.2 Å². The highest BCUT2D eigenvalue weighted by Crippen LogP contribution is 2.25. The minimum atomic E-state index is -1.70. The van der Waals surface area contributed by atoms with Crippen molar-refractivity contribution < 1.29 is 18.7 Å². The Kier molecular flexibility index (Phi) is 5.39. The van der Waals surface area contributed by atoms with Gasteiger partial charge in [-0.3, -0.25) is 4.79 Å². The number of nitrogens with one attached hydrogen (secondary N) is 1. The second kappa shape index (κ2) is 6.95. The van der Waals surface area contributed by atoms with Crippen LogP contribution in [0.3, 0.4) is 0 Å². The van der Waals surface area contributed by atoms with E-state index in [0.29, 0.717) is 10.5 Å². The van der Waals surface area contributed by atoms with E-state index in [9.17, 15) is 18.7 Å². The molecule has 7 heteroatoms. The predicted molar refractivity (Wildman–Crippen MR) is 87.4 cm³/mol. The zero-order valence-electron chi connectivity index (χ0n) is 12.0. The molecule has 2 N–H and O–H groups in total. The minimum Gasteiger partial charge on any atom is -0.383 e. The van der Waals surface area contributed by atoms with E-state index in [1.807, 2.05) is 0 Å². The summed E-state index contributed by atoms with van der Waals surface area (Å²) in [5.41, 5.74) is -1.60. The monoisotopic (exact) mass is 403 g/mol. The fraction of sp³-hybridized carbons (Fsp3) is 0.188. The first kappa shape index (κ1) is 17.8. The Morgan fingerprint density at radius 3 is 2.65 bits per heavy atom. The van der Waals surface area contributed by atoms with Crippen LogP contribution in [0, 0.1) is 11.6 Å². The van der Waals surface area contributed by atoms with Gasteiger partial charge in [0.05, 0.1) is 17.1 Å². The molecule has 2 aromatic rings. The summed E-state index contributed by atoms with van der Waals surface area (Å²) in [4.78, 5) is 12.2. The summed E-state index contributed by atoms with van der Waals surface area (Å²) in [6.45, 7) is 1.06. The Bertz CT molecular complexity index is 753. The van der Waals surface area contributed by atoms with Crippen molar-refractivity contribution in [2.75, 3.05) is 6.54 Å². The van der Waals surface area contributed by atoms with E-state index in [1.165, 1.54) is 13.0 Å². The Morgan fingerprint density at radius 1 is 1.30 bits per heavy atom. The molecule has 2 rings (SSSR count). The largest absolute Gasteiger partial charge is 0.383 e. The first-order chi connectivity index (χ1) is 10.7. The number of rotatable bonds is 4. The van der Waals surface area contributed by atoms with Crippen LogP contribution in [-0.2, 0) is 5.60 Å². The fourth-order valence-corrected chi connectivity index (χ4v) is 2.61. The van der Waals surface area contributed by atoms with Gasteiger partial charge in [-0.2, -0.15) is 0 Å². The molecule has 0 aliphatic heterocycles. The van der Waals surface area contributed by atoms with Crippen molar-refractivity contribution in [1.29, 1.82) is 0 Å². The summed E-state index contributed by atoms with van der Waals surface area (Å²) in [5, 5.41) is 13.1. The average molecular weight is 405 g/mol. The van der Waals surface area contributed by atoms with Crippen LogP contribution in [-0.4, -0.2) is 17.6 Å². The lowest BCUT2D eigenvalue weighted by Gasteiger charge is -2.25. The molecule has 122 valence electrons. The fourth-order valence-electron chi connectivity index (χ4n) is 2.04. The number of carbonyl (C=O) groups is 1. The highest BCUT2D eigenvalue weighted by molar-refractivity contribution is 9.10. The lowest BCUT2D eigenvalue weighted by atomic mass is 9.95. The van der Waals surface area contributed by atoms with Crippen LogP contribution in [0.2, 0.25) is 5.02 Å². The van der Waals surface area contributed by atoms with Gasteiger partial charge < -0.3 is 10.4 Å². The van der Waals surface area contributed by atoms with E-state index in [4.69, 9.17) is 11.6 Å². The molecule has 0 spiro atoms. The van der Waals surface area contributed by atoms with Crippen molar-refractivity contribution >= 4 is 33.4 Å². The molecule has 0 aliphatic rings. The number of aliphatic hydroxyl groups is 1. The molecular weight excluding hydrogens is 392 g/mol. The number of hydrogen-bond donors (Lipinski definition) is 2. The van der Waals surface area contributed by atoms with Crippen LogP contribution in [0.15, 0.2) is 40.9 Å².